The lowest BCUT2D eigenvalue weighted by Crippen LogP contribution is -2.53. The van der Waals surface area contributed by atoms with Crippen molar-refractivity contribution >= 4 is 5.97 Å². The Morgan fingerprint density at radius 3 is 2.76 bits per heavy atom. The highest BCUT2D eigenvalue weighted by atomic mass is 16.6. The molecular formula is C22H30O3. The summed E-state index contributed by atoms with van der Waals surface area (Å²) in [5.74, 6) is 5.27. The molecule has 0 radical (unpaired) electrons. The van der Waals surface area contributed by atoms with Gasteiger partial charge in [-0.15, -0.1) is 6.42 Å². The predicted molar refractivity (Wildman–Crippen MR) is 96.4 cm³/mol. The first-order valence-corrected chi connectivity index (χ1v) is 9.96. The summed E-state index contributed by atoms with van der Waals surface area (Å²) in [6.07, 6.45) is 16.3. The SMILES string of the molecule is C#CC1(OC(C)=O)CC[C@H]2[C@@H]3CCC4=C[C@@H](O)CC[C@@H]4[C@H]3CC[C@@]21C. The lowest BCUT2D eigenvalue weighted by Gasteiger charge is -2.55. The van der Waals surface area contributed by atoms with E-state index >= 15 is 0 Å². The van der Waals surface area contributed by atoms with Gasteiger partial charge in [0.25, 0.3) is 0 Å². The zero-order valence-corrected chi connectivity index (χ0v) is 15.5. The summed E-state index contributed by atoms with van der Waals surface area (Å²) in [6.45, 7) is 3.76. The molecule has 0 amide bonds. The molecule has 4 rings (SSSR count). The number of hydrogen-bond acceptors (Lipinski definition) is 3. The van der Waals surface area contributed by atoms with E-state index in [1.807, 2.05) is 0 Å². The first kappa shape index (κ1) is 17.2. The van der Waals surface area contributed by atoms with Gasteiger partial charge in [0, 0.05) is 12.3 Å². The van der Waals surface area contributed by atoms with Crippen molar-refractivity contribution in [2.45, 2.75) is 76.9 Å². The smallest absolute Gasteiger partial charge is 0.304 e. The van der Waals surface area contributed by atoms with Crippen LogP contribution in [0.2, 0.25) is 0 Å². The molecule has 136 valence electrons. The quantitative estimate of drug-likeness (QED) is 0.447. The van der Waals surface area contributed by atoms with E-state index in [0.717, 1.165) is 44.4 Å². The van der Waals surface area contributed by atoms with Gasteiger partial charge in [-0.1, -0.05) is 24.5 Å². The number of allylic oxidation sites excluding steroid dienone is 1. The van der Waals surface area contributed by atoms with Crippen molar-refractivity contribution in [2.75, 3.05) is 0 Å². The Morgan fingerprint density at radius 1 is 1.24 bits per heavy atom. The van der Waals surface area contributed by atoms with Gasteiger partial charge >= 0.3 is 5.97 Å². The molecule has 1 N–H and O–H groups in total. The van der Waals surface area contributed by atoms with Crippen LogP contribution in [0.4, 0.5) is 0 Å². The molecule has 25 heavy (non-hydrogen) atoms. The fraction of sp³-hybridized carbons (Fsp3) is 0.773. The van der Waals surface area contributed by atoms with E-state index in [-0.39, 0.29) is 17.5 Å². The molecule has 0 aromatic carbocycles. The molecule has 0 heterocycles. The van der Waals surface area contributed by atoms with Crippen molar-refractivity contribution < 1.29 is 14.6 Å². The first-order valence-electron chi connectivity index (χ1n) is 9.96. The molecule has 3 nitrogen and oxygen atoms in total. The number of carbonyl (C=O) groups excluding carboxylic acids is 1. The van der Waals surface area contributed by atoms with Crippen LogP contribution in [-0.4, -0.2) is 22.8 Å². The monoisotopic (exact) mass is 342 g/mol. The molecule has 4 aliphatic carbocycles. The van der Waals surface area contributed by atoms with Gasteiger partial charge in [0.2, 0.25) is 0 Å². The number of carbonyl (C=O) groups is 1. The third-order valence-corrected chi connectivity index (χ3v) is 8.10. The Balaban J connectivity index is 1.63. The zero-order chi connectivity index (χ0) is 17.8. The number of fused-ring (bicyclic) bond motifs is 5. The van der Waals surface area contributed by atoms with E-state index in [9.17, 15) is 9.90 Å². The van der Waals surface area contributed by atoms with Gasteiger partial charge in [-0.25, -0.2) is 0 Å². The summed E-state index contributed by atoms with van der Waals surface area (Å²) in [5.41, 5.74) is 0.696. The largest absolute Gasteiger partial charge is 0.445 e. The highest BCUT2D eigenvalue weighted by molar-refractivity contribution is 5.67. The number of aliphatic hydroxyl groups excluding tert-OH is 1. The van der Waals surface area contributed by atoms with Crippen molar-refractivity contribution in [3.8, 4) is 12.3 Å². The minimum Gasteiger partial charge on any atom is -0.445 e. The second-order valence-electron chi connectivity index (χ2n) is 9.03. The van der Waals surface area contributed by atoms with Gasteiger partial charge in [0.1, 0.15) is 0 Å². The van der Waals surface area contributed by atoms with E-state index in [4.69, 9.17) is 11.2 Å². The van der Waals surface area contributed by atoms with Crippen LogP contribution in [0.5, 0.6) is 0 Å². The summed E-state index contributed by atoms with van der Waals surface area (Å²) < 4.78 is 5.80. The molecule has 3 heteroatoms. The maximum absolute atomic E-state index is 11.7. The van der Waals surface area contributed by atoms with Gasteiger partial charge in [-0.3, -0.25) is 4.79 Å². The van der Waals surface area contributed by atoms with Crippen LogP contribution in [0.15, 0.2) is 11.6 Å². The zero-order valence-electron chi connectivity index (χ0n) is 15.5. The van der Waals surface area contributed by atoms with Gasteiger partial charge in [0.15, 0.2) is 5.60 Å². The molecule has 3 saturated carbocycles. The average molecular weight is 342 g/mol. The Kier molecular flexibility index (Phi) is 4.03. The number of terminal acetylenes is 1. The summed E-state index contributed by atoms with van der Waals surface area (Å²) >= 11 is 0. The predicted octanol–water partition coefficient (Wildman–Crippen LogP) is 3.86. The Hall–Kier alpha value is -1.27. The molecule has 0 spiro atoms. The molecule has 0 aliphatic heterocycles. The van der Waals surface area contributed by atoms with Gasteiger partial charge < -0.3 is 9.84 Å². The van der Waals surface area contributed by atoms with E-state index in [1.165, 1.54) is 25.3 Å². The van der Waals surface area contributed by atoms with Gasteiger partial charge in [-0.05, 0) is 75.0 Å². The van der Waals surface area contributed by atoms with Crippen LogP contribution >= 0.6 is 0 Å². The number of rotatable bonds is 1. The molecule has 0 bridgehead atoms. The summed E-state index contributed by atoms with van der Waals surface area (Å²) in [4.78, 5) is 11.7. The molecule has 3 fully saturated rings. The van der Waals surface area contributed by atoms with E-state index < -0.39 is 5.60 Å². The third kappa shape index (κ3) is 2.40. The van der Waals surface area contributed by atoms with Crippen LogP contribution in [0, 0.1) is 41.4 Å². The number of esters is 1. The summed E-state index contributed by atoms with van der Waals surface area (Å²) in [7, 11) is 0. The minimum atomic E-state index is -0.715. The fourth-order valence-corrected chi connectivity index (χ4v) is 6.99. The molecule has 1 unspecified atom stereocenters. The van der Waals surface area contributed by atoms with Crippen LogP contribution in [0.3, 0.4) is 0 Å². The van der Waals surface area contributed by atoms with Crippen LogP contribution in [0.25, 0.3) is 0 Å². The number of aliphatic hydroxyl groups is 1. The molecular weight excluding hydrogens is 312 g/mol. The maximum atomic E-state index is 11.7. The lowest BCUT2D eigenvalue weighted by molar-refractivity contribution is -0.167. The van der Waals surface area contributed by atoms with E-state index in [0.29, 0.717) is 17.8 Å². The van der Waals surface area contributed by atoms with Gasteiger partial charge in [-0.2, -0.15) is 0 Å². The maximum Gasteiger partial charge on any atom is 0.304 e. The lowest BCUT2D eigenvalue weighted by atomic mass is 9.50. The average Bonchev–Trinajstić information content (AvgIpc) is 2.87. The number of ether oxygens (including phenoxy) is 1. The second-order valence-corrected chi connectivity index (χ2v) is 9.03. The highest BCUT2D eigenvalue weighted by Gasteiger charge is 2.64. The standard InChI is InChI=1S/C22H30O3/c1-4-22(25-14(2)23)12-10-20-19-7-5-15-13-16(24)6-8-17(15)18(19)9-11-21(20,22)3/h1,13,16-20,24H,5-12H2,2-3H3/t16-,17-,18+,19+,20-,21-,22?/m0/s1. The Bertz CT molecular complexity index is 644. The Labute approximate surface area is 151 Å². The fourth-order valence-electron chi connectivity index (χ4n) is 6.99. The van der Waals surface area contributed by atoms with Crippen molar-refractivity contribution in [3.05, 3.63) is 11.6 Å². The van der Waals surface area contributed by atoms with Crippen molar-refractivity contribution in [3.63, 3.8) is 0 Å². The van der Waals surface area contributed by atoms with Crippen LogP contribution in [-0.2, 0) is 9.53 Å². The molecule has 4 aliphatic rings. The second kappa shape index (κ2) is 5.88. The first-order chi connectivity index (χ1) is 11.9. The molecule has 0 aromatic rings. The van der Waals surface area contributed by atoms with Crippen molar-refractivity contribution in [2.24, 2.45) is 29.1 Å². The van der Waals surface area contributed by atoms with E-state index in [1.54, 1.807) is 0 Å². The van der Waals surface area contributed by atoms with E-state index in [2.05, 4.69) is 18.9 Å². The third-order valence-electron chi connectivity index (χ3n) is 8.10. The molecule has 0 aromatic heterocycles. The van der Waals surface area contributed by atoms with Crippen molar-refractivity contribution in [1.82, 2.24) is 0 Å². The minimum absolute atomic E-state index is 0.0933. The summed E-state index contributed by atoms with van der Waals surface area (Å²) in [6, 6.07) is 0. The molecule has 7 atom stereocenters. The highest BCUT2D eigenvalue weighted by Crippen LogP contribution is 2.65. The van der Waals surface area contributed by atoms with Gasteiger partial charge in [0.05, 0.1) is 6.10 Å². The van der Waals surface area contributed by atoms with Crippen LogP contribution < -0.4 is 0 Å². The van der Waals surface area contributed by atoms with Crippen LogP contribution in [0.1, 0.15) is 65.2 Å². The number of hydrogen-bond donors (Lipinski definition) is 1. The molecule has 0 saturated heterocycles. The normalized spacial score (nSPS) is 48.4. The summed E-state index contributed by atoms with van der Waals surface area (Å²) in [5, 5.41) is 9.97. The van der Waals surface area contributed by atoms with Crippen molar-refractivity contribution in [1.29, 1.82) is 0 Å². The topological polar surface area (TPSA) is 46.5 Å². The Morgan fingerprint density at radius 2 is 2.04 bits per heavy atom.